The fraction of sp³-hybridized carbons (Fsp3) is 1.00. The Labute approximate surface area is 159 Å². The van der Waals surface area contributed by atoms with Gasteiger partial charge < -0.3 is 4.90 Å². The number of piperidine rings is 2. The van der Waals surface area contributed by atoms with E-state index in [0.29, 0.717) is 19.0 Å². The van der Waals surface area contributed by atoms with Crippen molar-refractivity contribution < 1.29 is 8.42 Å². The smallest absolute Gasteiger partial charge is 0.216 e. The molecule has 0 aromatic heterocycles. The molecule has 0 aromatic carbocycles. The lowest BCUT2D eigenvalue weighted by Crippen LogP contribution is -2.41. The minimum atomic E-state index is -2.99. The van der Waals surface area contributed by atoms with E-state index in [1.54, 1.807) is 18.2 Å². The number of likely N-dealkylation sites (tertiary alicyclic amines) is 1. The van der Waals surface area contributed by atoms with Crippen LogP contribution in [0.4, 0.5) is 0 Å². The molecule has 154 valence electrons. The van der Waals surface area contributed by atoms with Crippen molar-refractivity contribution in [3.63, 3.8) is 0 Å². The normalized spacial score (nSPS) is 21.3. The number of hydrogen-bond donors (Lipinski definition) is 0. The summed E-state index contributed by atoms with van der Waals surface area (Å²) in [7, 11) is -2.99. The van der Waals surface area contributed by atoms with E-state index in [9.17, 15) is 8.42 Å². The molecule has 2 heterocycles. The topological polar surface area (TPSA) is 40.6 Å². The maximum absolute atomic E-state index is 11.7. The van der Waals surface area contributed by atoms with Crippen molar-refractivity contribution in [2.24, 2.45) is 11.8 Å². The second-order valence-electron chi connectivity index (χ2n) is 7.99. The highest BCUT2D eigenvalue weighted by molar-refractivity contribution is 7.89. The first-order valence-corrected chi connectivity index (χ1v) is 10.9. The van der Waals surface area contributed by atoms with Gasteiger partial charge in [0.1, 0.15) is 0 Å². The van der Waals surface area contributed by atoms with Crippen molar-refractivity contribution in [3.8, 4) is 0 Å². The summed E-state index contributed by atoms with van der Waals surface area (Å²) < 4.78 is 25.1. The number of hydrogen-bond acceptors (Lipinski definition) is 3. The standard InChI is InChI=1S/C9H19NO2S.C9H19N.2CH4/c1-8(2)13(11,12)10-6-4-9(3)5-7-10;1-8(2)10-6-4-9(3)5-7-10;;/h8-9H,4-7H2,1-3H3;8-9H,4-7H2,1-3H3;2*1H4. The Kier molecular flexibility index (Phi) is 13.3. The average Bonchev–Trinajstić information content (AvgIpc) is 2.48. The highest BCUT2D eigenvalue weighted by atomic mass is 32.2. The molecule has 25 heavy (non-hydrogen) atoms. The first-order valence-electron chi connectivity index (χ1n) is 9.37. The lowest BCUT2D eigenvalue weighted by atomic mass is 9.98. The molecule has 2 fully saturated rings. The van der Waals surface area contributed by atoms with Crippen molar-refractivity contribution >= 4 is 10.0 Å². The van der Waals surface area contributed by atoms with Crippen molar-refractivity contribution in [2.75, 3.05) is 26.2 Å². The summed E-state index contributed by atoms with van der Waals surface area (Å²) >= 11 is 0. The fourth-order valence-electron chi connectivity index (χ4n) is 3.08. The van der Waals surface area contributed by atoms with Gasteiger partial charge in [-0.1, -0.05) is 28.7 Å². The van der Waals surface area contributed by atoms with E-state index in [4.69, 9.17) is 0 Å². The lowest BCUT2D eigenvalue weighted by Gasteiger charge is -2.33. The Morgan fingerprint density at radius 1 is 0.760 bits per heavy atom. The summed E-state index contributed by atoms with van der Waals surface area (Å²) in [6.45, 7) is 16.7. The molecule has 2 aliphatic heterocycles. The van der Waals surface area contributed by atoms with Crippen LogP contribution in [0.3, 0.4) is 0 Å². The predicted octanol–water partition coefficient (Wildman–Crippen LogP) is 4.86. The van der Waals surface area contributed by atoms with Gasteiger partial charge in [0, 0.05) is 19.1 Å². The van der Waals surface area contributed by atoms with Crippen LogP contribution in [0.1, 0.15) is 82.1 Å². The minimum absolute atomic E-state index is 0. The quantitative estimate of drug-likeness (QED) is 0.704. The maximum Gasteiger partial charge on any atom is 0.216 e. The summed E-state index contributed by atoms with van der Waals surface area (Å²) in [6.07, 6.45) is 4.81. The molecule has 0 radical (unpaired) electrons. The van der Waals surface area contributed by atoms with E-state index in [-0.39, 0.29) is 20.1 Å². The monoisotopic (exact) mass is 378 g/mol. The van der Waals surface area contributed by atoms with Crippen molar-refractivity contribution in [1.29, 1.82) is 0 Å². The van der Waals surface area contributed by atoms with Crippen LogP contribution in [0, 0.1) is 11.8 Å². The molecule has 5 heteroatoms. The number of nitrogens with zero attached hydrogens (tertiary/aromatic N) is 2. The van der Waals surface area contributed by atoms with Crippen molar-refractivity contribution in [3.05, 3.63) is 0 Å². The van der Waals surface area contributed by atoms with Gasteiger partial charge >= 0.3 is 0 Å². The zero-order valence-electron chi connectivity index (χ0n) is 16.1. The third kappa shape index (κ3) is 8.87. The lowest BCUT2D eigenvalue weighted by molar-refractivity contribution is 0.156. The summed E-state index contributed by atoms with van der Waals surface area (Å²) in [5, 5.41) is -0.277. The molecule has 2 rings (SSSR count). The van der Waals surface area contributed by atoms with Gasteiger partial charge in [0.05, 0.1) is 5.25 Å². The van der Waals surface area contributed by atoms with Crippen molar-refractivity contribution in [1.82, 2.24) is 9.21 Å². The third-order valence-electron chi connectivity index (χ3n) is 5.25. The van der Waals surface area contributed by atoms with E-state index < -0.39 is 10.0 Å². The molecule has 0 atom stereocenters. The maximum atomic E-state index is 11.7. The summed E-state index contributed by atoms with van der Waals surface area (Å²) in [5.74, 6) is 1.65. The molecular weight excluding hydrogens is 332 g/mol. The predicted molar refractivity (Wildman–Crippen MR) is 113 cm³/mol. The summed E-state index contributed by atoms with van der Waals surface area (Å²) in [4.78, 5) is 2.57. The SMILES string of the molecule is C.C.CC1CCN(C(C)C)CC1.CC1CCN(S(=O)(=O)C(C)C)CC1. The van der Waals surface area contributed by atoms with E-state index in [1.165, 1.54) is 25.9 Å². The Hall–Kier alpha value is -0.130. The van der Waals surface area contributed by atoms with Gasteiger partial charge in [0.2, 0.25) is 10.0 Å². The Morgan fingerprint density at radius 3 is 1.44 bits per heavy atom. The van der Waals surface area contributed by atoms with E-state index in [0.717, 1.165) is 24.8 Å². The molecule has 0 bridgehead atoms. The second-order valence-corrected chi connectivity index (χ2v) is 10.5. The molecule has 0 spiro atoms. The Morgan fingerprint density at radius 2 is 1.12 bits per heavy atom. The molecule has 0 amide bonds. The van der Waals surface area contributed by atoms with Crippen LogP contribution in [-0.2, 0) is 10.0 Å². The Balaban J connectivity index is 0. The molecule has 0 saturated carbocycles. The van der Waals surface area contributed by atoms with Crippen molar-refractivity contribution in [2.45, 2.75) is 93.4 Å². The molecular formula is C20H46N2O2S. The number of rotatable bonds is 3. The second kappa shape index (κ2) is 12.3. The first-order chi connectivity index (χ1) is 10.6. The van der Waals surface area contributed by atoms with Gasteiger partial charge in [-0.2, -0.15) is 0 Å². The van der Waals surface area contributed by atoms with Crippen LogP contribution in [0.25, 0.3) is 0 Å². The van der Waals surface area contributed by atoms with Crippen LogP contribution < -0.4 is 0 Å². The summed E-state index contributed by atoms with van der Waals surface area (Å²) in [6, 6.07) is 0.757. The van der Waals surface area contributed by atoms with E-state index in [2.05, 4.69) is 32.6 Å². The van der Waals surface area contributed by atoms with Gasteiger partial charge in [-0.25, -0.2) is 12.7 Å². The van der Waals surface area contributed by atoms with Crippen LogP contribution in [0.15, 0.2) is 0 Å². The zero-order valence-corrected chi connectivity index (χ0v) is 16.9. The van der Waals surface area contributed by atoms with Gasteiger partial charge in [0.15, 0.2) is 0 Å². The molecule has 0 aliphatic carbocycles. The molecule has 0 aromatic rings. The molecule has 2 saturated heterocycles. The molecule has 0 unspecified atom stereocenters. The highest BCUT2D eigenvalue weighted by Crippen LogP contribution is 2.20. The van der Waals surface area contributed by atoms with Gasteiger partial charge in [-0.15, -0.1) is 0 Å². The largest absolute Gasteiger partial charge is 0.301 e. The first kappa shape index (κ1) is 27.1. The van der Waals surface area contributed by atoms with Crippen LogP contribution in [0.5, 0.6) is 0 Å². The van der Waals surface area contributed by atoms with Crippen LogP contribution >= 0.6 is 0 Å². The molecule has 2 aliphatic rings. The Bertz CT molecular complexity index is 419. The average molecular weight is 379 g/mol. The fourth-order valence-corrected chi connectivity index (χ4v) is 4.40. The number of sulfonamides is 1. The summed E-state index contributed by atoms with van der Waals surface area (Å²) in [5.41, 5.74) is 0. The zero-order chi connectivity index (χ0) is 17.6. The molecule has 4 nitrogen and oxygen atoms in total. The third-order valence-corrected chi connectivity index (χ3v) is 7.52. The van der Waals surface area contributed by atoms with Gasteiger partial charge in [-0.05, 0) is 78.3 Å². The minimum Gasteiger partial charge on any atom is -0.301 e. The van der Waals surface area contributed by atoms with Gasteiger partial charge in [-0.3, -0.25) is 0 Å². The van der Waals surface area contributed by atoms with Gasteiger partial charge in [0.25, 0.3) is 0 Å². The highest BCUT2D eigenvalue weighted by Gasteiger charge is 2.28. The van der Waals surface area contributed by atoms with Crippen LogP contribution in [-0.4, -0.2) is 55.1 Å². The van der Waals surface area contributed by atoms with E-state index in [1.807, 2.05) is 0 Å². The van der Waals surface area contributed by atoms with Crippen LogP contribution in [0.2, 0.25) is 0 Å². The van der Waals surface area contributed by atoms with E-state index >= 15 is 0 Å². The molecule has 0 N–H and O–H groups in total.